The maximum absolute atomic E-state index is 12.3. The monoisotopic (exact) mass is 482 g/mol. The Morgan fingerprint density at radius 3 is 1.35 bits per heavy atom. The van der Waals surface area contributed by atoms with Gasteiger partial charge in [-0.1, -0.05) is 90.4 Å². The smallest absolute Gasteiger partial charge is 0.303 e. The van der Waals surface area contributed by atoms with E-state index in [2.05, 4.69) is 0 Å². The Bertz CT molecular complexity index is 557. The highest BCUT2D eigenvalue weighted by Gasteiger charge is 2.22. The first kappa shape index (κ1) is 32.3. The largest absolute Gasteiger partial charge is 0.481 e. The van der Waals surface area contributed by atoms with Gasteiger partial charge in [-0.2, -0.15) is 0 Å². The van der Waals surface area contributed by atoms with Gasteiger partial charge in [-0.15, -0.1) is 0 Å². The van der Waals surface area contributed by atoms with Gasteiger partial charge in [-0.3, -0.25) is 19.2 Å². The molecule has 0 saturated carbocycles. The summed E-state index contributed by atoms with van der Waals surface area (Å²) in [7, 11) is 0. The molecule has 0 aliphatic heterocycles. The van der Waals surface area contributed by atoms with E-state index in [9.17, 15) is 19.2 Å². The van der Waals surface area contributed by atoms with Crippen LogP contribution < -0.4 is 0 Å². The lowest BCUT2D eigenvalue weighted by Crippen LogP contribution is -2.19. The molecule has 0 bridgehead atoms. The van der Waals surface area contributed by atoms with Crippen molar-refractivity contribution in [3.63, 3.8) is 0 Å². The number of hydrogen-bond donors (Lipinski definition) is 2. The molecule has 34 heavy (non-hydrogen) atoms. The van der Waals surface area contributed by atoms with Crippen molar-refractivity contribution in [3.8, 4) is 0 Å². The lowest BCUT2D eigenvalue weighted by Gasteiger charge is -2.14. The number of carbonyl (C=O) groups excluding carboxylic acids is 2. The molecule has 0 heterocycles. The van der Waals surface area contributed by atoms with E-state index >= 15 is 0 Å². The third-order valence-electron chi connectivity index (χ3n) is 6.51. The van der Waals surface area contributed by atoms with Gasteiger partial charge in [-0.05, 0) is 25.7 Å². The highest BCUT2D eigenvalue weighted by molar-refractivity contribution is 5.88. The fraction of sp³-hybridized carbons (Fsp3) is 0.857. The van der Waals surface area contributed by atoms with Crippen LogP contribution in [0.15, 0.2) is 0 Å². The number of rotatable bonds is 26. The Labute approximate surface area is 207 Å². The van der Waals surface area contributed by atoms with Gasteiger partial charge in [0.05, 0.1) is 0 Å². The predicted octanol–water partition coefficient (Wildman–Crippen LogP) is 7.51. The van der Waals surface area contributed by atoms with Gasteiger partial charge >= 0.3 is 11.9 Å². The molecule has 0 rings (SSSR count). The van der Waals surface area contributed by atoms with E-state index in [0.29, 0.717) is 19.3 Å². The maximum Gasteiger partial charge on any atom is 0.303 e. The van der Waals surface area contributed by atoms with Crippen molar-refractivity contribution in [2.75, 3.05) is 0 Å². The third-order valence-corrected chi connectivity index (χ3v) is 6.51. The van der Waals surface area contributed by atoms with Crippen LogP contribution in [-0.4, -0.2) is 33.7 Å². The molecule has 0 saturated heterocycles. The summed E-state index contributed by atoms with van der Waals surface area (Å²) >= 11 is 0. The number of Topliss-reactive ketones (excluding diaryl/α,β-unsaturated/α-hetero) is 2. The summed E-state index contributed by atoms with van der Waals surface area (Å²) in [6.45, 7) is 2.02. The zero-order chi connectivity index (χ0) is 25.4. The number of aliphatic carboxylic acids is 2. The SMILES string of the molecule is CCCCC(=O)[C@H](CCC(=O)O)CC(=O)CCCCCCCCCCCCCCCCC(=O)O. The van der Waals surface area contributed by atoms with Crippen LogP contribution >= 0.6 is 0 Å². The van der Waals surface area contributed by atoms with Crippen molar-refractivity contribution < 1.29 is 29.4 Å². The molecule has 0 aromatic carbocycles. The lowest BCUT2D eigenvalue weighted by atomic mass is 9.89. The summed E-state index contributed by atoms with van der Waals surface area (Å²) in [5, 5.41) is 17.5. The molecule has 0 fully saturated rings. The van der Waals surface area contributed by atoms with Crippen LogP contribution in [0.1, 0.15) is 148 Å². The summed E-state index contributed by atoms with van der Waals surface area (Å²) in [6, 6.07) is 0. The Morgan fingerprint density at radius 1 is 0.529 bits per heavy atom. The maximum atomic E-state index is 12.3. The minimum Gasteiger partial charge on any atom is -0.481 e. The molecule has 6 nitrogen and oxygen atoms in total. The van der Waals surface area contributed by atoms with Gasteiger partial charge < -0.3 is 10.2 Å². The summed E-state index contributed by atoms with van der Waals surface area (Å²) in [6.07, 6.45) is 19.4. The number of carboxylic acids is 2. The topological polar surface area (TPSA) is 109 Å². The quantitative estimate of drug-likeness (QED) is 0.123. The van der Waals surface area contributed by atoms with Crippen LogP contribution in [0.25, 0.3) is 0 Å². The highest BCUT2D eigenvalue weighted by Crippen LogP contribution is 2.19. The van der Waals surface area contributed by atoms with E-state index in [1.807, 2.05) is 6.92 Å². The fourth-order valence-corrected chi connectivity index (χ4v) is 4.33. The van der Waals surface area contributed by atoms with E-state index < -0.39 is 17.9 Å². The summed E-state index contributed by atoms with van der Waals surface area (Å²) in [4.78, 5) is 45.9. The lowest BCUT2D eigenvalue weighted by molar-refractivity contribution is -0.138. The van der Waals surface area contributed by atoms with Gasteiger partial charge in [0, 0.05) is 38.0 Å². The summed E-state index contributed by atoms with van der Waals surface area (Å²) in [5.74, 6) is -1.88. The second kappa shape index (κ2) is 23.0. The summed E-state index contributed by atoms with van der Waals surface area (Å²) < 4.78 is 0. The molecule has 0 unspecified atom stereocenters. The van der Waals surface area contributed by atoms with E-state index in [0.717, 1.165) is 51.4 Å². The second-order valence-electron chi connectivity index (χ2n) is 9.79. The molecule has 0 amide bonds. The van der Waals surface area contributed by atoms with E-state index in [4.69, 9.17) is 10.2 Å². The highest BCUT2D eigenvalue weighted by atomic mass is 16.4. The van der Waals surface area contributed by atoms with Crippen LogP contribution in [-0.2, 0) is 19.2 Å². The Hall–Kier alpha value is -1.72. The fourth-order valence-electron chi connectivity index (χ4n) is 4.33. The Balaban J connectivity index is 3.64. The predicted molar refractivity (Wildman–Crippen MR) is 136 cm³/mol. The molecular weight excluding hydrogens is 432 g/mol. The average molecular weight is 483 g/mol. The van der Waals surface area contributed by atoms with Crippen molar-refractivity contribution in [3.05, 3.63) is 0 Å². The van der Waals surface area contributed by atoms with Crippen molar-refractivity contribution in [2.24, 2.45) is 5.92 Å². The molecule has 0 aromatic rings. The number of carbonyl (C=O) groups is 4. The second-order valence-corrected chi connectivity index (χ2v) is 9.79. The van der Waals surface area contributed by atoms with Crippen LogP contribution in [0.3, 0.4) is 0 Å². The van der Waals surface area contributed by atoms with Crippen molar-refractivity contribution >= 4 is 23.5 Å². The molecule has 0 spiro atoms. The van der Waals surface area contributed by atoms with Crippen LogP contribution in [0.4, 0.5) is 0 Å². The minimum absolute atomic E-state index is 0.0483. The number of hydrogen-bond acceptors (Lipinski definition) is 4. The first-order chi connectivity index (χ1) is 16.4. The normalized spacial score (nSPS) is 11.9. The van der Waals surface area contributed by atoms with E-state index in [1.165, 1.54) is 51.4 Å². The number of unbranched alkanes of at least 4 members (excludes halogenated alkanes) is 14. The molecule has 0 radical (unpaired) electrons. The van der Waals surface area contributed by atoms with E-state index in [1.54, 1.807) is 0 Å². The van der Waals surface area contributed by atoms with E-state index in [-0.39, 0.29) is 30.8 Å². The zero-order valence-corrected chi connectivity index (χ0v) is 21.7. The Kier molecular flexibility index (Phi) is 21.9. The third kappa shape index (κ3) is 22.1. The molecule has 198 valence electrons. The van der Waals surface area contributed by atoms with Gasteiger partial charge in [0.25, 0.3) is 0 Å². The van der Waals surface area contributed by atoms with Crippen molar-refractivity contribution in [1.82, 2.24) is 0 Å². The molecule has 0 aliphatic carbocycles. The molecule has 2 N–H and O–H groups in total. The molecule has 6 heteroatoms. The van der Waals surface area contributed by atoms with Gasteiger partial charge in [0.1, 0.15) is 11.6 Å². The van der Waals surface area contributed by atoms with Crippen molar-refractivity contribution in [1.29, 1.82) is 0 Å². The molecular formula is C28H50O6. The molecule has 0 aromatic heterocycles. The van der Waals surface area contributed by atoms with Gasteiger partial charge in [-0.25, -0.2) is 0 Å². The zero-order valence-electron chi connectivity index (χ0n) is 21.7. The summed E-state index contributed by atoms with van der Waals surface area (Å²) in [5.41, 5.74) is 0. The Morgan fingerprint density at radius 2 is 0.941 bits per heavy atom. The molecule has 0 aliphatic rings. The van der Waals surface area contributed by atoms with Crippen LogP contribution in [0, 0.1) is 5.92 Å². The average Bonchev–Trinajstić information content (AvgIpc) is 2.79. The number of carboxylic acid groups (broad SMARTS) is 2. The van der Waals surface area contributed by atoms with Crippen LogP contribution in [0.2, 0.25) is 0 Å². The van der Waals surface area contributed by atoms with Crippen molar-refractivity contribution in [2.45, 2.75) is 148 Å². The minimum atomic E-state index is -0.911. The standard InChI is InChI=1S/C28H50O6/c1-2-3-19-26(30)24(21-22-28(33)34)23-25(29)18-16-14-12-10-8-6-4-5-7-9-11-13-15-17-20-27(31)32/h24H,2-23H2,1H3,(H,31,32)(H,33,34)/t24-/m1/s1. The van der Waals surface area contributed by atoms with Gasteiger partial charge in [0.2, 0.25) is 0 Å². The number of ketones is 2. The molecule has 1 atom stereocenters. The first-order valence-corrected chi connectivity index (χ1v) is 13.8. The van der Waals surface area contributed by atoms with Gasteiger partial charge in [0.15, 0.2) is 0 Å². The first-order valence-electron chi connectivity index (χ1n) is 13.8. The van der Waals surface area contributed by atoms with Crippen LogP contribution in [0.5, 0.6) is 0 Å².